The highest BCUT2D eigenvalue weighted by molar-refractivity contribution is 6.32. The molecule has 168 valence electrons. The third kappa shape index (κ3) is 5.26. The lowest BCUT2D eigenvalue weighted by molar-refractivity contribution is 0.0954. The molecule has 0 aliphatic rings. The number of para-hydroxylation sites is 1. The Kier molecular flexibility index (Phi) is 7.48. The molecular weight excluding hydrogens is 430 g/mol. The zero-order valence-corrected chi connectivity index (χ0v) is 19.2. The van der Waals surface area contributed by atoms with Gasteiger partial charge in [-0.05, 0) is 51.0 Å². The van der Waals surface area contributed by atoms with Crippen LogP contribution in [0.3, 0.4) is 0 Å². The molecule has 1 aromatic carbocycles. The van der Waals surface area contributed by atoms with E-state index in [4.69, 9.17) is 16.3 Å². The lowest BCUT2D eigenvalue weighted by Crippen LogP contribution is -2.26. The summed E-state index contributed by atoms with van der Waals surface area (Å²) in [6.07, 6.45) is 2.23. The van der Waals surface area contributed by atoms with Gasteiger partial charge in [0.15, 0.2) is 5.82 Å². The van der Waals surface area contributed by atoms with Gasteiger partial charge >= 0.3 is 0 Å². The molecule has 0 aliphatic carbocycles. The van der Waals surface area contributed by atoms with Crippen molar-refractivity contribution in [2.75, 3.05) is 11.9 Å². The van der Waals surface area contributed by atoms with E-state index in [-0.39, 0.29) is 23.6 Å². The van der Waals surface area contributed by atoms with E-state index in [1.165, 1.54) is 10.7 Å². The fourth-order valence-electron chi connectivity index (χ4n) is 3.05. The van der Waals surface area contributed by atoms with Gasteiger partial charge in [0.25, 0.3) is 11.8 Å². The van der Waals surface area contributed by atoms with E-state index < -0.39 is 5.91 Å². The summed E-state index contributed by atoms with van der Waals surface area (Å²) in [5.41, 5.74) is 1.73. The van der Waals surface area contributed by atoms with Gasteiger partial charge in [0.1, 0.15) is 5.69 Å². The van der Waals surface area contributed by atoms with Gasteiger partial charge in [0.05, 0.1) is 22.4 Å². The molecule has 0 bridgehead atoms. The van der Waals surface area contributed by atoms with Crippen molar-refractivity contribution >= 4 is 29.1 Å². The number of hydrogen-bond acceptors (Lipinski definition) is 5. The Morgan fingerprint density at radius 1 is 1.19 bits per heavy atom. The monoisotopic (exact) mass is 455 g/mol. The van der Waals surface area contributed by atoms with Crippen LogP contribution >= 0.6 is 11.6 Å². The summed E-state index contributed by atoms with van der Waals surface area (Å²) < 4.78 is 7.02. The fourth-order valence-corrected chi connectivity index (χ4v) is 3.25. The molecular formula is C23H26ClN5O3. The van der Waals surface area contributed by atoms with E-state index in [2.05, 4.69) is 20.7 Å². The van der Waals surface area contributed by atoms with Crippen molar-refractivity contribution in [3.8, 4) is 11.7 Å². The molecule has 0 fully saturated rings. The highest BCUT2D eigenvalue weighted by Gasteiger charge is 2.23. The van der Waals surface area contributed by atoms with Crippen LogP contribution in [-0.2, 0) is 0 Å². The number of rotatable bonds is 8. The molecule has 0 unspecified atom stereocenters. The van der Waals surface area contributed by atoms with Crippen LogP contribution in [0.15, 0.2) is 42.6 Å². The molecule has 3 rings (SSSR count). The van der Waals surface area contributed by atoms with Gasteiger partial charge in [-0.1, -0.05) is 30.7 Å². The zero-order chi connectivity index (χ0) is 23.3. The van der Waals surface area contributed by atoms with E-state index in [0.717, 1.165) is 12.0 Å². The largest absolute Gasteiger partial charge is 0.474 e. The molecule has 2 N–H and O–H groups in total. The van der Waals surface area contributed by atoms with Gasteiger partial charge in [-0.15, -0.1) is 5.10 Å². The number of anilines is 1. The average molecular weight is 456 g/mol. The first-order chi connectivity index (χ1) is 15.3. The van der Waals surface area contributed by atoms with Gasteiger partial charge in [0, 0.05) is 18.8 Å². The van der Waals surface area contributed by atoms with Crippen LogP contribution in [0.25, 0.3) is 5.82 Å². The van der Waals surface area contributed by atoms with Gasteiger partial charge in [-0.3, -0.25) is 9.59 Å². The van der Waals surface area contributed by atoms with Crippen molar-refractivity contribution in [3.05, 3.63) is 64.4 Å². The number of amides is 2. The summed E-state index contributed by atoms with van der Waals surface area (Å²) in [5, 5.41) is 10.4. The van der Waals surface area contributed by atoms with Crippen molar-refractivity contribution in [2.24, 2.45) is 0 Å². The second-order valence-electron chi connectivity index (χ2n) is 7.46. The Balaban J connectivity index is 2.01. The fraction of sp³-hybridized carbons (Fsp3) is 0.304. The Bertz CT molecular complexity index is 1130. The Hall–Kier alpha value is -3.39. The summed E-state index contributed by atoms with van der Waals surface area (Å²) in [6.45, 7) is 8.06. The number of hydrogen-bond donors (Lipinski definition) is 2. The van der Waals surface area contributed by atoms with Crippen LogP contribution in [0.4, 0.5) is 5.69 Å². The predicted molar refractivity (Wildman–Crippen MR) is 124 cm³/mol. The molecule has 0 spiro atoms. The van der Waals surface area contributed by atoms with Gasteiger partial charge in [-0.25, -0.2) is 9.67 Å². The molecule has 32 heavy (non-hydrogen) atoms. The first-order valence-electron chi connectivity index (χ1n) is 10.4. The number of carbonyl (C=O) groups excluding carboxylic acids is 2. The summed E-state index contributed by atoms with van der Waals surface area (Å²) in [4.78, 5) is 30.2. The molecule has 0 saturated heterocycles. The number of ether oxygens (including phenoxy) is 1. The molecule has 2 heterocycles. The molecule has 0 radical (unpaired) electrons. The van der Waals surface area contributed by atoms with Crippen LogP contribution in [0, 0.1) is 6.92 Å². The van der Waals surface area contributed by atoms with Crippen LogP contribution < -0.4 is 15.4 Å². The number of halogens is 1. The van der Waals surface area contributed by atoms with E-state index in [1.807, 2.05) is 33.8 Å². The number of aromatic nitrogens is 3. The van der Waals surface area contributed by atoms with Crippen molar-refractivity contribution in [1.82, 2.24) is 20.1 Å². The van der Waals surface area contributed by atoms with E-state index in [9.17, 15) is 9.59 Å². The Morgan fingerprint density at radius 2 is 1.97 bits per heavy atom. The summed E-state index contributed by atoms with van der Waals surface area (Å²) >= 11 is 6.30. The normalized spacial score (nSPS) is 10.8. The summed E-state index contributed by atoms with van der Waals surface area (Å²) in [7, 11) is 0. The van der Waals surface area contributed by atoms with Crippen molar-refractivity contribution in [1.29, 1.82) is 0 Å². The quantitative estimate of drug-likeness (QED) is 0.524. The molecule has 2 aromatic heterocycles. The minimum Gasteiger partial charge on any atom is -0.474 e. The Morgan fingerprint density at radius 3 is 2.66 bits per heavy atom. The highest BCUT2D eigenvalue weighted by atomic mass is 35.5. The number of nitrogens with one attached hydrogen (secondary N) is 2. The molecule has 0 atom stereocenters. The summed E-state index contributed by atoms with van der Waals surface area (Å²) in [6, 6.07) is 10.1. The highest BCUT2D eigenvalue weighted by Crippen LogP contribution is 2.25. The molecule has 3 aromatic rings. The minimum absolute atomic E-state index is 0.140. The lowest BCUT2D eigenvalue weighted by Gasteiger charge is -2.14. The topological polar surface area (TPSA) is 98.1 Å². The van der Waals surface area contributed by atoms with Crippen LogP contribution in [0.1, 0.15) is 53.6 Å². The average Bonchev–Trinajstić information content (AvgIpc) is 3.16. The predicted octanol–water partition coefficient (Wildman–Crippen LogP) is 4.41. The second-order valence-corrected chi connectivity index (χ2v) is 7.87. The number of nitrogens with zero attached hydrogens (tertiary/aromatic N) is 3. The Labute approximate surface area is 191 Å². The molecule has 0 aliphatic heterocycles. The second kappa shape index (κ2) is 10.3. The summed E-state index contributed by atoms with van der Waals surface area (Å²) in [5.74, 6) is -0.172. The SMILES string of the molecule is CCCNC(=O)c1cccc(C)c1NC(=O)c1cc(OC(C)C)nn1-c1ncccc1Cl. The molecule has 9 heteroatoms. The maximum Gasteiger partial charge on any atom is 0.274 e. The lowest BCUT2D eigenvalue weighted by atomic mass is 10.1. The third-order valence-electron chi connectivity index (χ3n) is 4.51. The van der Waals surface area contributed by atoms with E-state index in [1.54, 1.807) is 30.5 Å². The molecule has 0 saturated carbocycles. The van der Waals surface area contributed by atoms with Crippen molar-refractivity contribution < 1.29 is 14.3 Å². The van der Waals surface area contributed by atoms with Crippen molar-refractivity contribution in [2.45, 2.75) is 40.2 Å². The number of benzene rings is 1. The van der Waals surface area contributed by atoms with Crippen LogP contribution in [0.2, 0.25) is 5.02 Å². The van der Waals surface area contributed by atoms with Gasteiger partial charge < -0.3 is 15.4 Å². The minimum atomic E-state index is -0.475. The number of pyridine rings is 1. The maximum atomic E-state index is 13.3. The van der Waals surface area contributed by atoms with Gasteiger partial charge in [-0.2, -0.15) is 0 Å². The van der Waals surface area contributed by atoms with E-state index in [0.29, 0.717) is 28.6 Å². The molecule has 8 nitrogen and oxygen atoms in total. The van der Waals surface area contributed by atoms with Crippen molar-refractivity contribution in [3.63, 3.8) is 0 Å². The van der Waals surface area contributed by atoms with Crippen LogP contribution in [0.5, 0.6) is 5.88 Å². The number of carbonyl (C=O) groups is 2. The maximum absolute atomic E-state index is 13.3. The first kappa shape index (κ1) is 23.3. The molecule has 2 amide bonds. The zero-order valence-electron chi connectivity index (χ0n) is 18.5. The number of aryl methyl sites for hydroxylation is 1. The van der Waals surface area contributed by atoms with Gasteiger partial charge in [0.2, 0.25) is 5.88 Å². The van der Waals surface area contributed by atoms with E-state index >= 15 is 0 Å². The smallest absolute Gasteiger partial charge is 0.274 e. The van der Waals surface area contributed by atoms with Crippen LogP contribution in [-0.4, -0.2) is 39.2 Å². The first-order valence-corrected chi connectivity index (χ1v) is 10.8. The third-order valence-corrected chi connectivity index (χ3v) is 4.80. The standard InChI is InChI=1S/C23H26ClN5O3/c1-5-11-26-22(30)16-9-6-8-15(4)20(16)27-23(31)18-13-19(32-14(2)3)28-29(18)21-17(24)10-7-12-25-21/h6-10,12-14H,5,11H2,1-4H3,(H,26,30)(H,27,31).